The third kappa shape index (κ3) is 4.51. The Morgan fingerprint density at radius 2 is 2.00 bits per heavy atom. The predicted molar refractivity (Wildman–Crippen MR) is 85.5 cm³/mol. The van der Waals surface area contributed by atoms with Gasteiger partial charge in [-0.15, -0.1) is 10.2 Å². The maximum absolute atomic E-state index is 5.73. The summed E-state index contributed by atoms with van der Waals surface area (Å²) in [5.41, 5.74) is 1.16. The van der Waals surface area contributed by atoms with Crippen molar-refractivity contribution in [3.05, 3.63) is 18.3 Å². The fourth-order valence-corrected chi connectivity index (χ4v) is 2.32. The van der Waals surface area contributed by atoms with Gasteiger partial charge in [-0.25, -0.2) is 4.98 Å². The summed E-state index contributed by atoms with van der Waals surface area (Å²) in [5, 5.41) is 12.2. The summed E-state index contributed by atoms with van der Waals surface area (Å²) in [5.74, 6) is 1.23. The lowest BCUT2D eigenvalue weighted by atomic mass is 9.85. The zero-order valence-electron chi connectivity index (χ0n) is 13.9. The van der Waals surface area contributed by atoms with Crippen LogP contribution in [0, 0.1) is 5.41 Å². The van der Waals surface area contributed by atoms with Gasteiger partial charge in [-0.1, -0.05) is 27.2 Å². The van der Waals surface area contributed by atoms with E-state index in [0.717, 1.165) is 12.0 Å². The second kappa shape index (κ2) is 7.33. The van der Waals surface area contributed by atoms with Crippen LogP contribution in [-0.4, -0.2) is 31.8 Å². The molecule has 22 heavy (non-hydrogen) atoms. The standard InChI is InChI=1S/C16H25N5O/c1-5-9-16(3,4)10-11-22-14-8-7-13(12-17-14)15-18-20-21(6-2)19-15/h7-8,12H,5-6,9-11H2,1-4H3. The molecule has 0 spiro atoms. The molecule has 0 saturated heterocycles. The first-order valence-corrected chi connectivity index (χ1v) is 7.91. The predicted octanol–water partition coefficient (Wildman–Crippen LogP) is 3.35. The topological polar surface area (TPSA) is 65.7 Å². The van der Waals surface area contributed by atoms with E-state index in [4.69, 9.17) is 4.74 Å². The molecule has 0 N–H and O–H groups in total. The van der Waals surface area contributed by atoms with Crippen LogP contribution in [-0.2, 0) is 6.54 Å². The molecule has 2 rings (SSSR count). The molecule has 6 heteroatoms. The Kier molecular flexibility index (Phi) is 5.46. The van der Waals surface area contributed by atoms with Crippen molar-refractivity contribution in [2.75, 3.05) is 6.61 Å². The smallest absolute Gasteiger partial charge is 0.213 e. The molecule has 0 radical (unpaired) electrons. The zero-order chi connectivity index (χ0) is 16.0. The summed E-state index contributed by atoms with van der Waals surface area (Å²) in [7, 11) is 0. The number of rotatable bonds is 8. The second-order valence-electron chi connectivity index (χ2n) is 6.20. The van der Waals surface area contributed by atoms with Gasteiger partial charge in [0.2, 0.25) is 11.7 Å². The molecule has 0 aliphatic heterocycles. The zero-order valence-corrected chi connectivity index (χ0v) is 13.9. The fourth-order valence-electron chi connectivity index (χ4n) is 2.32. The Labute approximate surface area is 131 Å². The quantitative estimate of drug-likeness (QED) is 0.748. The number of nitrogens with zero attached hydrogens (tertiary/aromatic N) is 5. The van der Waals surface area contributed by atoms with Crippen molar-refractivity contribution in [3.63, 3.8) is 0 Å². The van der Waals surface area contributed by atoms with E-state index in [1.807, 2.05) is 19.1 Å². The van der Waals surface area contributed by atoms with Crippen molar-refractivity contribution in [2.45, 2.75) is 53.5 Å². The van der Waals surface area contributed by atoms with Crippen LogP contribution in [0.5, 0.6) is 5.88 Å². The first-order chi connectivity index (χ1) is 10.5. The lowest BCUT2D eigenvalue weighted by molar-refractivity contribution is 0.211. The monoisotopic (exact) mass is 303 g/mol. The van der Waals surface area contributed by atoms with Crippen molar-refractivity contribution in [1.82, 2.24) is 25.2 Å². The summed E-state index contributed by atoms with van der Waals surface area (Å²) in [6.07, 6.45) is 5.16. The number of aromatic nitrogens is 5. The van der Waals surface area contributed by atoms with Gasteiger partial charge in [0.05, 0.1) is 13.2 Å². The first kappa shape index (κ1) is 16.4. The molecule has 120 valence electrons. The van der Waals surface area contributed by atoms with Gasteiger partial charge in [-0.3, -0.25) is 0 Å². The highest BCUT2D eigenvalue weighted by atomic mass is 16.5. The van der Waals surface area contributed by atoms with E-state index >= 15 is 0 Å². The fraction of sp³-hybridized carbons (Fsp3) is 0.625. The van der Waals surface area contributed by atoms with Crippen molar-refractivity contribution in [1.29, 1.82) is 0 Å². The van der Waals surface area contributed by atoms with Crippen LogP contribution in [0.2, 0.25) is 0 Å². The van der Waals surface area contributed by atoms with Gasteiger partial charge in [-0.2, -0.15) is 4.80 Å². The normalized spacial score (nSPS) is 11.6. The SMILES string of the molecule is CCCC(C)(C)CCOc1ccc(-c2nnn(CC)n2)cn1. The number of tetrazole rings is 1. The highest BCUT2D eigenvalue weighted by Crippen LogP contribution is 2.26. The summed E-state index contributed by atoms with van der Waals surface area (Å²) in [6, 6.07) is 3.77. The molecule has 2 heterocycles. The number of ether oxygens (including phenoxy) is 1. The number of pyridine rings is 1. The summed E-state index contributed by atoms with van der Waals surface area (Å²) in [6.45, 7) is 10.1. The minimum absolute atomic E-state index is 0.317. The van der Waals surface area contributed by atoms with Gasteiger partial charge in [0.15, 0.2) is 0 Å². The van der Waals surface area contributed by atoms with Gasteiger partial charge in [0, 0.05) is 17.8 Å². The average molecular weight is 303 g/mol. The lowest BCUT2D eigenvalue weighted by Gasteiger charge is -2.23. The van der Waals surface area contributed by atoms with E-state index in [0.29, 0.717) is 30.3 Å². The molecule has 0 unspecified atom stereocenters. The Bertz CT molecular complexity index is 576. The number of hydrogen-bond acceptors (Lipinski definition) is 5. The third-order valence-electron chi connectivity index (χ3n) is 3.69. The van der Waals surface area contributed by atoms with E-state index in [1.165, 1.54) is 12.8 Å². The van der Waals surface area contributed by atoms with Gasteiger partial charge in [0.1, 0.15) is 0 Å². The van der Waals surface area contributed by atoms with Crippen LogP contribution in [0.4, 0.5) is 0 Å². The molecule has 0 aliphatic carbocycles. The molecule has 0 bridgehead atoms. The van der Waals surface area contributed by atoms with E-state index in [2.05, 4.69) is 41.2 Å². The Balaban J connectivity index is 1.89. The summed E-state index contributed by atoms with van der Waals surface area (Å²) >= 11 is 0. The Morgan fingerprint density at radius 3 is 2.59 bits per heavy atom. The van der Waals surface area contributed by atoms with Crippen LogP contribution in [0.25, 0.3) is 11.4 Å². The molecule has 0 atom stereocenters. The maximum atomic E-state index is 5.73. The van der Waals surface area contributed by atoms with E-state index in [9.17, 15) is 0 Å². The Hall–Kier alpha value is -1.98. The van der Waals surface area contributed by atoms with Crippen LogP contribution >= 0.6 is 0 Å². The molecule has 0 fully saturated rings. The summed E-state index contributed by atoms with van der Waals surface area (Å²) in [4.78, 5) is 5.87. The maximum Gasteiger partial charge on any atom is 0.213 e. The number of hydrogen-bond donors (Lipinski definition) is 0. The van der Waals surface area contributed by atoms with Gasteiger partial charge >= 0.3 is 0 Å². The molecule has 0 saturated carbocycles. The van der Waals surface area contributed by atoms with Gasteiger partial charge in [-0.05, 0) is 36.5 Å². The third-order valence-corrected chi connectivity index (χ3v) is 3.69. The van der Waals surface area contributed by atoms with Crippen molar-refractivity contribution < 1.29 is 4.74 Å². The van der Waals surface area contributed by atoms with Crippen molar-refractivity contribution in [3.8, 4) is 17.3 Å². The second-order valence-corrected chi connectivity index (χ2v) is 6.20. The van der Waals surface area contributed by atoms with Gasteiger partial charge < -0.3 is 4.74 Å². The van der Waals surface area contributed by atoms with E-state index in [1.54, 1.807) is 11.0 Å². The minimum atomic E-state index is 0.317. The van der Waals surface area contributed by atoms with Crippen LogP contribution in [0.15, 0.2) is 18.3 Å². The molecule has 0 amide bonds. The highest BCUT2D eigenvalue weighted by molar-refractivity contribution is 5.52. The molecular formula is C16H25N5O. The first-order valence-electron chi connectivity index (χ1n) is 7.91. The molecule has 0 aromatic carbocycles. The molecule has 2 aromatic heterocycles. The van der Waals surface area contributed by atoms with Crippen molar-refractivity contribution >= 4 is 0 Å². The van der Waals surface area contributed by atoms with Gasteiger partial charge in [0.25, 0.3) is 0 Å². The highest BCUT2D eigenvalue weighted by Gasteiger charge is 2.16. The summed E-state index contributed by atoms with van der Waals surface area (Å²) < 4.78 is 5.73. The van der Waals surface area contributed by atoms with Crippen LogP contribution < -0.4 is 4.74 Å². The Morgan fingerprint density at radius 1 is 1.18 bits per heavy atom. The van der Waals surface area contributed by atoms with E-state index in [-0.39, 0.29) is 0 Å². The minimum Gasteiger partial charge on any atom is -0.478 e. The largest absolute Gasteiger partial charge is 0.478 e. The number of aryl methyl sites for hydroxylation is 1. The molecule has 0 aliphatic rings. The molecular weight excluding hydrogens is 278 g/mol. The average Bonchev–Trinajstić information content (AvgIpc) is 2.96. The van der Waals surface area contributed by atoms with Crippen LogP contribution in [0.3, 0.4) is 0 Å². The molecule has 2 aromatic rings. The van der Waals surface area contributed by atoms with E-state index < -0.39 is 0 Å². The van der Waals surface area contributed by atoms with Crippen LogP contribution in [0.1, 0.15) is 47.0 Å². The van der Waals surface area contributed by atoms with Crippen molar-refractivity contribution in [2.24, 2.45) is 5.41 Å². The molecule has 6 nitrogen and oxygen atoms in total. The lowest BCUT2D eigenvalue weighted by Crippen LogP contribution is -2.15.